The van der Waals surface area contributed by atoms with Crippen LogP contribution in [0.5, 0.6) is 0 Å². The number of halogens is 1. The molecule has 0 saturated heterocycles. The largest absolute Gasteiger partial charge is 0.352 e. The monoisotopic (exact) mass is 261 g/mol. The Balaban J connectivity index is 2.41. The Morgan fingerprint density at radius 3 is 2.82 bits per heavy atom. The van der Waals surface area contributed by atoms with Gasteiger partial charge in [0, 0.05) is 24.4 Å². The maximum Gasteiger partial charge on any atom is 0.251 e. The molecule has 6 nitrogen and oxygen atoms in total. The zero-order chi connectivity index (χ0) is 12.9. The van der Waals surface area contributed by atoms with Gasteiger partial charge in [0.05, 0.1) is 5.75 Å². The van der Waals surface area contributed by atoms with E-state index < -0.39 is 21.9 Å². The molecule has 0 aliphatic rings. The van der Waals surface area contributed by atoms with Crippen molar-refractivity contribution in [2.24, 2.45) is 5.14 Å². The fraction of sp³-hybridized carbons (Fsp3) is 0.333. The minimum Gasteiger partial charge on any atom is -0.352 e. The molecule has 0 aromatic carbocycles. The lowest BCUT2D eigenvalue weighted by Crippen LogP contribution is -2.27. The second-order valence-corrected chi connectivity index (χ2v) is 5.08. The predicted octanol–water partition coefficient (Wildman–Crippen LogP) is -0.371. The van der Waals surface area contributed by atoms with Crippen LogP contribution in [0.15, 0.2) is 18.3 Å². The summed E-state index contributed by atoms with van der Waals surface area (Å²) in [5.74, 6) is -1.44. The summed E-state index contributed by atoms with van der Waals surface area (Å²) in [6, 6.07) is 2.35. The third kappa shape index (κ3) is 5.36. The molecule has 0 aliphatic carbocycles. The number of nitrogens with two attached hydrogens (primary N) is 1. The van der Waals surface area contributed by atoms with Gasteiger partial charge in [-0.15, -0.1) is 0 Å². The fourth-order valence-corrected chi connectivity index (χ4v) is 1.67. The number of carbonyl (C=O) groups is 1. The molecule has 0 spiro atoms. The van der Waals surface area contributed by atoms with E-state index in [1.165, 1.54) is 12.3 Å². The summed E-state index contributed by atoms with van der Waals surface area (Å²) in [5, 5.41) is 7.23. The van der Waals surface area contributed by atoms with Crippen molar-refractivity contribution in [2.45, 2.75) is 6.42 Å². The van der Waals surface area contributed by atoms with Gasteiger partial charge in [-0.2, -0.15) is 4.39 Å². The fourth-order valence-electron chi connectivity index (χ4n) is 1.12. The van der Waals surface area contributed by atoms with Gasteiger partial charge in [0.15, 0.2) is 0 Å². The van der Waals surface area contributed by atoms with E-state index in [0.717, 1.165) is 6.07 Å². The molecule has 3 N–H and O–H groups in total. The minimum atomic E-state index is -3.51. The maximum atomic E-state index is 12.7. The topological polar surface area (TPSA) is 102 Å². The summed E-state index contributed by atoms with van der Waals surface area (Å²) < 4.78 is 33.9. The molecule has 0 fully saturated rings. The van der Waals surface area contributed by atoms with E-state index in [-0.39, 0.29) is 24.3 Å². The molecule has 1 rings (SSSR count). The Kier molecular flexibility index (Phi) is 4.53. The van der Waals surface area contributed by atoms with Crippen LogP contribution < -0.4 is 10.5 Å². The standard InChI is InChI=1S/C9H12FN3O3S/c10-8-6-7(2-4-12-8)9(14)13-3-1-5-17(11,15)16/h2,4,6H,1,3,5H2,(H,13,14)(H2,11,15,16). The molecular weight excluding hydrogens is 249 g/mol. The highest BCUT2D eigenvalue weighted by Crippen LogP contribution is 1.99. The van der Waals surface area contributed by atoms with Crippen molar-refractivity contribution in [3.8, 4) is 0 Å². The molecule has 1 aromatic heterocycles. The van der Waals surface area contributed by atoms with Crippen LogP contribution in [0.1, 0.15) is 16.8 Å². The smallest absolute Gasteiger partial charge is 0.251 e. The SMILES string of the molecule is NS(=O)(=O)CCCNC(=O)c1ccnc(F)c1. The Bertz CT molecular complexity index is 504. The van der Waals surface area contributed by atoms with E-state index in [1.54, 1.807) is 0 Å². The molecule has 1 amide bonds. The average Bonchev–Trinajstić information content (AvgIpc) is 2.23. The molecule has 0 bridgehead atoms. The molecule has 1 heterocycles. The van der Waals surface area contributed by atoms with Crippen LogP contribution in [-0.2, 0) is 10.0 Å². The zero-order valence-corrected chi connectivity index (χ0v) is 9.71. The van der Waals surface area contributed by atoms with Crippen molar-refractivity contribution in [3.63, 3.8) is 0 Å². The van der Waals surface area contributed by atoms with Crippen molar-refractivity contribution in [1.82, 2.24) is 10.3 Å². The number of hydrogen-bond donors (Lipinski definition) is 2. The zero-order valence-electron chi connectivity index (χ0n) is 8.89. The maximum absolute atomic E-state index is 12.7. The number of sulfonamides is 1. The number of pyridine rings is 1. The highest BCUT2D eigenvalue weighted by atomic mass is 32.2. The second-order valence-electron chi connectivity index (χ2n) is 3.34. The molecule has 0 aliphatic heterocycles. The summed E-state index contributed by atoms with van der Waals surface area (Å²) in [6.07, 6.45) is 1.38. The lowest BCUT2D eigenvalue weighted by Gasteiger charge is -2.04. The molecule has 0 unspecified atom stereocenters. The van der Waals surface area contributed by atoms with E-state index in [4.69, 9.17) is 5.14 Å². The summed E-state index contributed by atoms with van der Waals surface area (Å²) in [6.45, 7) is 0.152. The summed E-state index contributed by atoms with van der Waals surface area (Å²) in [5.41, 5.74) is 0.133. The number of nitrogens with one attached hydrogen (secondary N) is 1. The third-order valence-electron chi connectivity index (χ3n) is 1.88. The summed E-state index contributed by atoms with van der Waals surface area (Å²) in [4.78, 5) is 14.7. The quantitative estimate of drug-likeness (QED) is 0.557. The van der Waals surface area contributed by atoms with E-state index in [2.05, 4.69) is 10.3 Å². The highest BCUT2D eigenvalue weighted by molar-refractivity contribution is 7.89. The highest BCUT2D eigenvalue weighted by Gasteiger charge is 2.07. The molecule has 17 heavy (non-hydrogen) atoms. The second kappa shape index (κ2) is 5.69. The van der Waals surface area contributed by atoms with Crippen molar-refractivity contribution in [2.75, 3.05) is 12.3 Å². The van der Waals surface area contributed by atoms with Gasteiger partial charge in [0.25, 0.3) is 5.91 Å². The van der Waals surface area contributed by atoms with Gasteiger partial charge in [-0.3, -0.25) is 4.79 Å². The molecule has 1 aromatic rings. The average molecular weight is 261 g/mol. The minimum absolute atomic E-state index is 0.133. The number of aromatic nitrogens is 1. The molecule has 94 valence electrons. The van der Waals surface area contributed by atoms with Crippen molar-refractivity contribution in [1.29, 1.82) is 0 Å². The first-order chi connectivity index (χ1) is 7.88. The number of hydrogen-bond acceptors (Lipinski definition) is 4. The summed E-state index contributed by atoms with van der Waals surface area (Å²) >= 11 is 0. The van der Waals surface area contributed by atoms with Gasteiger partial charge in [0.1, 0.15) is 0 Å². The van der Waals surface area contributed by atoms with Gasteiger partial charge >= 0.3 is 0 Å². The van der Waals surface area contributed by atoms with Crippen molar-refractivity contribution in [3.05, 3.63) is 29.8 Å². The Morgan fingerprint density at radius 2 is 2.24 bits per heavy atom. The molecule has 8 heteroatoms. The van der Waals surface area contributed by atoms with Crippen LogP contribution in [-0.4, -0.2) is 31.6 Å². The number of amides is 1. The van der Waals surface area contributed by atoms with E-state index in [1.807, 2.05) is 0 Å². The van der Waals surface area contributed by atoms with Gasteiger partial charge in [-0.25, -0.2) is 18.5 Å². The van der Waals surface area contributed by atoms with Crippen LogP contribution in [0.2, 0.25) is 0 Å². The number of carbonyl (C=O) groups excluding carboxylic acids is 1. The third-order valence-corrected chi connectivity index (χ3v) is 2.74. The first kappa shape index (κ1) is 13.5. The first-order valence-electron chi connectivity index (χ1n) is 4.79. The molecular formula is C9H12FN3O3S. The number of rotatable bonds is 5. The predicted molar refractivity (Wildman–Crippen MR) is 59.1 cm³/mol. The van der Waals surface area contributed by atoms with E-state index in [9.17, 15) is 17.6 Å². The van der Waals surface area contributed by atoms with Gasteiger partial charge in [0.2, 0.25) is 16.0 Å². The van der Waals surface area contributed by atoms with Crippen LogP contribution in [0.3, 0.4) is 0 Å². The van der Waals surface area contributed by atoms with Crippen LogP contribution in [0.25, 0.3) is 0 Å². The summed E-state index contributed by atoms with van der Waals surface area (Å²) in [7, 11) is -3.51. The van der Waals surface area contributed by atoms with Crippen LogP contribution in [0, 0.1) is 5.95 Å². The van der Waals surface area contributed by atoms with Gasteiger partial charge in [-0.05, 0) is 12.5 Å². The normalized spacial score (nSPS) is 11.2. The lowest BCUT2D eigenvalue weighted by molar-refractivity contribution is 0.0953. The van der Waals surface area contributed by atoms with Gasteiger partial charge < -0.3 is 5.32 Å². The van der Waals surface area contributed by atoms with E-state index >= 15 is 0 Å². The van der Waals surface area contributed by atoms with Crippen LogP contribution >= 0.6 is 0 Å². The number of primary sulfonamides is 1. The Hall–Kier alpha value is -1.54. The van der Waals surface area contributed by atoms with Crippen molar-refractivity contribution >= 4 is 15.9 Å². The molecule has 0 saturated carbocycles. The Labute approximate surface area is 98.1 Å². The molecule has 0 atom stereocenters. The lowest BCUT2D eigenvalue weighted by atomic mass is 10.2. The number of nitrogens with zero attached hydrogens (tertiary/aromatic N) is 1. The van der Waals surface area contributed by atoms with Crippen molar-refractivity contribution < 1.29 is 17.6 Å². The first-order valence-corrected chi connectivity index (χ1v) is 6.50. The molecule has 0 radical (unpaired) electrons. The van der Waals surface area contributed by atoms with Crippen LogP contribution in [0.4, 0.5) is 4.39 Å². The Morgan fingerprint density at radius 1 is 1.53 bits per heavy atom. The van der Waals surface area contributed by atoms with Gasteiger partial charge in [-0.1, -0.05) is 0 Å². The van der Waals surface area contributed by atoms with E-state index in [0.29, 0.717) is 0 Å².